The number of carbonyl (C=O) groups is 2. The third kappa shape index (κ3) is 21.5. The average molecular weight is 668 g/mol. The SMILES string of the molecule is C/C=C/CCCCCCCC(=O)NCCN1CCN=C1CCCCCCC/C=C/CC1=NCCN1CCCC(=O)CCCCCCCC. The summed E-state index contributed by atoms with van der Waals surface area (Å²) in [4.78, 5) is 38.7. The first-order valence-electron chi connectivity index (χ1n) is 20.2. The number of rotatable bonds is 32. The molecule has 1 amide bonds. The minimum absolute atomic E-state index is 0.198. The van der Waals surface area contributed by atoms with E-state index in [2.05, 4.69) is 53.3 Å². The molecule has 0 unspecified atom stereocenters. The number of allylic oxidation sites excluding steroid dienone is 3. The van der Waals surface area contributed by atoms with Gasteiger partial charge in [-0.2, -0.15) is 0 Å². The van der Waals surface area contributed by atoms with E-state index >= 15 is 0 Å². The summed E-state index contributed by atoms with van der Waals surface area (Å²) in [6, 6.07) is 0. The lowest BCUT2D eigenvalue weighted by atomic mass is 10.1. The fourth-order valence-corrected chi connectivity index (χ4v) is 6.71. The van der Waals surface area contributed by atoms with Crippen LogP contribution >= 0.6 is 0 Å². The predicted molar refractivity (Wildman–Crippen MR) is 206 cm³/mol. The van der Waals surface area contributed by atoms with Gasteiger partial charge in [0.1, 0.15) is 11.6 Å². The number of unbranched alkanes of at least 4 members (excludes halogenated alkanes) is 15. The molecule has 0 saturated heterocycles. The van der Waals surface area contributed by atoms with E-state index in [1.807, 2.05) is 0 Å². The van der Waals surface area contributed by atoms with Gasteiger partial charge in [0.15, 0.2) is 0 Å². The van der Waals surface area contributed by atoms with Gasteiger partial charge in [0.05, 0.1) is 18.9 Å². The van der Waals surface area contributed by atoms with Gasteiger partial charge in [0, 0.05) is 64.8 Å². The number of ketones is 1. The van der Waals surface area contributed by atoms with Gasteiger partial charge in [-0.3, -0.25) is 19.6 Å². The molecule has 0 radical (unpaired) electrons. The predicted octanol–water partition coefficient (Wildman–Crippen LogP) is 9.61. The number of amides is 1. The van der Waals surface area contributed by atoms with Crippen molar-refractivity contribution in [2.75, 3.05) is 45.8 Å². The Morgan fingerprint density at radius 2 is 1.23 bits per heavy atom. The van der Waals surface area contributed by atoms with E-state index < -0.39 is 0 Å². The van der Waals surface area contributed by atoms with Crippen molar-refractivity contribution in [3.63, 3.8) is 0 Å². The standard InChI is InChI=1S/C41H73N5O2/c1-3-5-7-9-11-16-20-24-30-41(48)44-33-37-46-36-32-43-40(46)29-23-19-15-13-12-14-18-22-28-39-42-31-35-45(39)34-25-27-38(47)26-21-17-10-8-6-4-2/h3,5,18,22H,4,6-17,19-21,23-37H2,1-2H3,(H,44,48)/b5-3+,22-18+. The first-order valence-corrected chi connectivity index (χ1v) is 20.2. The first-order chi connectivity index (χ1) is 23.6. The molecule has 274 valence electrons. The van der Waals surface area contributed by atoms with Crippen LogP contribution in [0, 0.1) is 0 Å². The molecule has 2 rings (SSSR count). The van der Waals surface area contributed by atoms with E-state index in [-0.39, 0.29) is 5.91 Å². The van der Waals surface area contributed by atoms with Gasteiger partial charge in [0.2, 0.25) is 5.91 Å². The van der Waals surface area contributed by atoms with E-state index in [1.165, 1.54) is 102 Å². The number of nitrogens with one attached hydrogen (secondary N) is 1. The lowest BCUT2D eigenvalue weighted by Crippen LogP contribution is -2.36. The molecule has 7 heteroatoms. The summed E-state index contributed by atoms with van der Waals surface area (Å²) in [7, 11) is 0. The zero-order chi connectivity index (χ0) is 34.3. The maximum absolute atomic E-state index is 12.3. The monoisotopic (exact) mass is 668 g/mol. The van der Waals surface area contributed by atoms with Crippen LogP contribution in [-0.2, 0) is 9.59 Å². The maximum Gasteiger partial charge on any atom is 0.220 e. The molecule has 7 nitrogen and oxygen atoms in total. The van der Waals surface area contributed by atoms with Gasteiger partial charge in [-0.25, -0.2) is 0 Å². The molecule has 48 heavy (non-hydrogen) atoms. The van der Waals surface area contributed by atoms with Crippen molar-refractivity contribution in [1.82, 2.24) is 15.1 Å². The van der Waals surface area contributed by atoms with Crippen LogP contribution in [0.3, 0.4) is 0 Å². The van der Waals surface area contributed by atoms with Gasteiger partial charge >= 0.3 is 0 Å². The summed E-state index contributed by atoms with van der Waals surface area (Å²) in [5, 5.41) is 3.12. The summed E-state index contributed by atoms with van der Waals surface area (Å²) < 4.78 is 0. The summed E-state index contributed by atoms with van der Waals surface area (Å²) in [5.74, 6) is 3.09. The average Bonchev–Trinajstić information content (AvgIpc) is 3.73. The molecule has 0 fully saturated rings. The summed E-state index contributed by atoms with van der Waals surface area (Å²) in [6.07, 6.45) is 36.1. The van der Waals surface area contributed by atoms with Crippen molar-refractivity contribution in [2.24, 2.45) is 9.98 Å². The van der Waals surface area contributed by atoms with Gasteiger partial charge in [-0.1, -0.05) is 102 Å². The Bertz CT molecular complexity index is 956. The summed E-state index contributed by atoms with van der Waals surface area (Å²) in [6.45, 7) is 10.7. The molecular formula is C41H73N5O2. The largest absolute Gasteiger partial charge is 0.358 e. The molecule has 0 aromatic rings. The number of amidine groups is 2. The number of nitrogens with zero attached hydrogens (tertiary/aromatic N) is 4. The second-order valence-electron chi connectivity index (χ2n) is 13.9. The normalized spacial score (nSPS) is 14.9. The highest BCUT2D eigenvalue weighted by atomic mass is 16.1. The van der Waals surface area contributed by atoms with Crippen LogP contribution < -0.4 is 5.32 Å². The zero-order valence-electron chi connectivity index (χ0n) is 31.3. The molecule has 2 aliphatic rings. The Labute approximate surface area is 295 Å². The molecule has 2 aliphatic heterocycles. The van der Waals surface area contributed by atoms with Crippen molar-refractivity contribution >= 4 is 23.4 Å². The number of hydrogen-bond donors (Lipinski definition) is 1. The van der Waals surface area contributed by atoms with Crippen LogP contribution in [0.4, 0.5) is 0 Å². The molecule has 0 spiro atoms. The zero-order valence-corrected chi connectivity index (χ0v) is 31.3. The fourth-order valence-electron chi connectivity index (χ4n) is 6.71. The highest BCUT2D eigenvalue weighted by Crippen LogP contribution is 2.14. The second-order valence-corrected chi connectivity index (χ2v) is 13.9. The minimum Gasteiger partial charge on any atom is -0.358 e. The molecule has 0 saturated carbocycles. The Morgan fingerprint density at radius 1 is 0.646 bits per heavy atom. The number of aliphatic imine (C=N–C) groups is 2. The molecular weight excluding hydrogens is 594 g/mol. The van der Waals surface area contributed by atoms with Crippen molar-refractivity contribution in [2.45, 2.75) is 168 Å². The van der Waals surface area contributed by atoms with Crippen LogP contribution in [0.1, 0.15) is 168 Å². The quantitative estimate of drug-likeness (QED) is 0.0573. The van der Waals surface area contributed by atoms with Gasteiger partial charge in [0.25, 0.3) is 0 Å². The van der Waals surface area contributed by atoms with E-state index in [1.54, 1.807) is 0 Å². The maximum atomic E-state index is 12.3. The molecule has 0 aliphatic carbocycles. The Hall–Kier alpha value is -2.44. The molecule has 0 aromatic carbocycles. The van der Waals surface area contributed by atoms with Gasteiger partial charge in [-0.05, 0) is 58.3 Å². The van der Waals surface area contributed by atoms with Crippen LogP contribution in [0.2, 0.25) is 0 Å². The molecule has 0 bridgehead atoms. The first kappa shape index (κ1) is 41.7. The van der Waals surface area contributed by atoms with Crippen molar-refractivity contribution in [3.05, 3.63) is 24.3 Å². The van der Waals surface area contributed by atoms with Gasteiger partial charge in [-0.15, -0.1) is 0 Å². The van der Waals surface area contributed by atoms with E-state index in [0.717, 1.165) is 104 Å². The second kappa shape index (κ2) is 29.5. The van der Waals surface area contributed by atoms with E-state index in [4.69, 9.17) is 9.98 Å². The number of carbonyl (C=O) groups excluding carboxylic acids is 2. The molecule has 0 aromatic heterocycles. The third-order valence-electron chi connectivity index (χ3n) is 9.70. The lowest BCUT2D eigenvalue weighted by molar-refractivity contribution is -0.121. The Morgan fingerprint density at radius 3 is 1.96 bits per heavy atom. The van der Waals surface area contributed by atoms with Crippen LogP contribution in [0.15, 0.2) is 34.3 Å². The van der Waals surface area contributed by atoms with Crippen LogP contribution in [-0.4, -0.2) is 79.0 Å². The van der Waals surface area contributed by atoms with E-state index in [9.17, 15) is 9.59 Å². The Kier molecular flexibility index (Phi) is 25.6. The molecule has 2 heterocycles. The van der Waals surface area contributed by atoms with Gasteiger partial charge < -0.3 is 15.1 Å². The highest BCUT2D eigenvalue weighted by molar-refractivity contribution is 5.85. The molecule has 0 atom stereocenters. The third-order valence-corrected chi connectivity index (χ3v) is 9.70. The van der Waals surface area contributed by atoms with E-state index in [0.29, 0.717) is 12.2 Å². The van der Waals surface area contributed by atoms with Crippen molar-refractivity contribution in [3.8, 4) is 0 Å². The fraction of sp³-hybridized carbons (Fsp3) is 0.805. The number of Topliss-reactive ketones (excluding diaryl/α,β-unsaturated/α-hetero) is 1. The molecule has 1 N–H and O–H groups in total. The topological polar surface area (TPSA) is 77.4 Å². The Balaban J connectivity index is 1.41. The van der Waals surface area contributed by atoms with Crippen molar-refractivity contribution in [1.29, 1.82) is 0 Å². The smallest absolute Gasteiger partial charge is 0.220 e. The van der Waals surface area contributed by atoms with Crippen LogP contribution in [0.5, 0.6) is 0 Å². The van der Waals surface area contributed by atoms with Crippen LogP contribution in [0.25, 0.3) is 0 Å². The summed E-state index contributed by atoms with van der Waals surface area (Å²) >= 11 is 0. The highest BCUT2D eigenvalue weighted by Gasteiger charge is 2.17. The summed E-state index contributed by atoms with van der Waals surface area (Å²) in [5.41, 5.74) is 0. The number of hydrogen-bond acceptors (Lipinski definition) is 6. The lowest BCUT2D eigenvalue weighted by Gasteiger charge is -2.20. The minimum atomic E-state index is 0.198. The van der Waals surface area contributed by atoms with Crippen molar-refractivity contribution < 1.29 is 9.59 Å².